The quantitative estimate of drug-likeness (QED) is 0.812. The summed E-state index contributed by atoms with van der Waals surface area (Å²) in [5, 5.41) is 0.200. The molecular formula is C11H15BrCl2N2O2S. The molecule has 2 rings (SSSR count). The van der Waals surface area contributed by atoms with E-state index in [1.165, 1.54) is 6.07 Å². The van der Waals surface area contributed by atoms with Crippen LogP contribution < -0.4 is 10.5 Å². The topological polar surface area (TPSA) is 72.2 Å². The van der Waals surface area contributed by atoms with Crippen LogP contribution in [0.4, 0.5) is 0 Å². The van der Waals surface area contributed by atoms with E-state index in [0.29, 0.717) is 10.4 Å². The lowest BCUT2D eigenvalue weighted by atomic mass is 10.2. The van der Waals surface area contributed by atoms with Gasteiger partial charge in [0, 0.05) is 17.1 Å². The van der Waals surface area contributed by atoms with Crippen LogP contribution in [0, 0.1) is 5.92 Å². The van der Waals surface area contributed by atoms with Gasteiger partial charge in [0.1, 0.15) is 4.90 Å². The molecule has 0 aliphatic heterocycles. The fraction of sp³-hybridized carbons (Fsp3) is 0.455. The Morgan fingerprint density at radius 3 is 2.68 bits per heavy atom. The first-order valence-corrected chi connectivity index (χ1v) is 8.26. The molecule has 1 aromatic carbocycles. The standard InChI is InChI=1S/C11H14BrClN2O2S.ClH/c12-8-3-4-9(13)11(5-8)18(16,17)15-6-10(14)7-1-2-7;/h3-5,7,10,15H,1-2,6,14H2;1H. The Morgan fingerprint density at radius 1 is 1.47 bits per heavy atom. The van der Waals surface area contributed by atoms with Crippen LogP contribution in [0.15, 0.2) is 27.6 Å². The summed E-state index contributed by atoms with van der Waals surface area (Å²) in [5.41, 5.74) is 5.86. The smallest absolute Gasteiger partial charge is 0.242 e. The van der Waals surface area contributed by atoms with Crippen molar-refractivity contribution in [3.63, 3.8) is 0 Å². The van der Waals surface area contributed by atoms with Crippen LogP contribution >= 0.6 is 39.9 Å². The summed E-state index contributed by atoms with van der Waals surface area (Å²) in [7, 11) is -3.61. The van der Waals surface area contributed by atoms with E-state index >= 15 is 0 Å². The molecule has 1 aromatic rings. The second-order valence-electron chi connectivity index (χ2n) is 4.43. The number of hydrogen-bond donors (Lipinski definition) is 2. The van der Waals surface area contributed by atoms with E-state index in [4.69, 9.17) is 17.3 Å². The largest absolute Gasteiger partial charge is 0.326 e. The lowest BCUT2D eigenvalue weighted by Crippen LogP contribution is -2.38. The molecule has 1 saturated carbocycles. The Balaban J connectivity index is 0.00000180. The Kier molecular flexibility index (Phi) is 6.10. The van der Waals surface area contributed by atoms with Gasteiger partial charge in [0.2, 0.25) is 10.0 Å². The van der Waals surface area contributed by atoms with Crippen molar-refractivity contribution in [1.82, 2.24) is 4.72 Å². The van der Waals surface area contributed by atoms with Crippen LogP contribution in [0.3, 0.4) is 0 Å². The number of nitrogens with two attached hydrogens (primary N) is 1. The fourth-order valence-corrected chi connectivity index (χ4v) is 3.77. The van der Waals surface area contributed by atoms with Crippen LogP contribution in [-0.2, 0) is 10.0 Å². The highest BCUT2D eigenvalue weighted by molar-refractivity contribution is 9.10. The molecule has 1 atom stereocenters. The maximum absolute atomic E-state index is 12.1. The number of halogens is 3. The maximum Gasteiger partial charge on any atom is 0.242 e. The highest BCUT2D eigenvalue weighted by atomic mass is 79.9. The first kappa shape index (κ1) is 17.2. The van der Waals surface area contributed by atoms with Gasteiger partial charge in [-0.1, -0.05) is 27.5 Å². The molecule has 0 heterocycles. The monoisotopic (exact) mass is 388 g/mol. The third-order valence-electron chi connectivity index (χ3n) is 2.92. The summed E-state index contributed by atoms with van der Waals surface area (Å²) in [6.45, 7) is 0.246. The first-order valence-electron chi connectivity index (χ1n) is 5.60. The molecule has 3 N–H and O–H groups in total. The zero-order valence-corrected chi connectivity index (χ0v) is 13.9. The molecule has 0 radical (unpaired) electrons. The van der Waals surface area contributed by atoms with Crippen molar-refractivity contribution in [2.45, 2.75) is 23.8 Å². The third kappa shape index (κ3) is 4.58. The van der Waals surface area contributed by atoms with Crippen molar-refractivity contribution in [3.8, 4) is 0 Å². The molecule has 4 nitrogen and oxygen atoms in total. The molecular weight excluding hydrogens is 375 g/mol. The summed E-state index contributed by atoms with van der Waals surface area (Å²) >= 11 is 9.13. The van der Waals surface area contributed by atoms with E-state index < -0.39 is 10.0 Å². The molecule has 1 fully saturated rings. The van der Waals surface area contributed by atoms with Crippen LogP contribution in [-0.4, -0.2) is 21.0 Å². The lowest BCUT2D eigenvalue weighted by Gasteiger charge is -2.13. The number of sulfonamides is 1. The minimum absolute atomic E-state index is 0. The third-order valence-corrected chi connectivity index (χ3v) is 5.32. The molecule has 0 bridgehead atoms. The number of rotatable bonds is 5. The summed E-state index contributed by atoms with van der Waals surface area (Å²) in [6.07, 6.45) is 2.17. The molecule has 1 aliphatic carbocycles. The van der Waals surface area contributed by atoms with Gasteiger partial charge in [-0.05, 0) is 37.0 Å². The Hall–Kier alpha value is 0.150. The average molecular weight is 390 g/mol. The lowest BCUT2D eigenvalue weighted by molar-refractivity contribution is 0.548. The van der Waals surface area contributed by atoms with Gasteiger partial charge in [0.05, 0.1) is 5.02 Å². The summed E-state index contributed by atoms with van der Waals surface area (Å²) in [4.78, 5) is 0.0709. The minimum Gasteiger partial charge on any atom is -0.326 e. The molecule has 8 heteroatoms. The van der Waals surface area contributed by atoms with Gasteiger partial charge in [0.15, 0.2) is 0 Å². The Labute approximate surface area is 132 Å². The van der Waals surface area contributed by atoms with Crippen LogP contribution in [0.5, 0.6) is 0 Å². The molecule has 19 heavy (non-hydrogen) atoms. The van der Waals surface area contributed by atoms with Gasteiger partial charge < -0.3 is 5.73 Å². The van der Waals surface area contributed by atoms with Gasteiger partial charge >= 0.3 is 0 Å². The van der Waals surface area contributed by atoms with E-state index in [9.17, 15) is 8.42 Å². The van der Waals surface area contributed by atoms with Crippen LogP contribution in [0.1, 0.15) is 12.8 Å². The maximum atomic E-state index is 12.1. The van der Waals surface area contributed by atoms with Crippen LogP contribution in [0.25, 0.3) is 0 Å². The number of nitrogens with one attached hydrogen (secondary N) is 1. The van der Waals surface area contributed by atoms with Crippen LogP contribution in [0.2, 0.25) is 5.02 Å². The highest BCUT2D eigenvalue weighted by Gasteiger charge is 2.29. The minimum atomic E-state index is -3.61. The Bertz CT molecular complexity index is 550. The number of hydrogen-bond acceptors (Lipinski definition) is 3. The predicted molar refractivity (Wildman–Crippen MR) is 82.3 cm³/mol. The fourth-order valence-electron chi connectivity index (χ4n) is 1.66. The zero-order chi connectivity index (χ0) is 13.3. The van der Waals surface area contributed by atoms with E-state index in [0.717, 1.165) is 12.8 Å². The van der Waals surface area contributed by atoms with Crippen molar-refractivity contribution >= 4 is 50.0 Å². The zero-order valence-electron chi connectivity index (χ0n) is 9.97. The van der Waals surface area contributed by atoms with Crippen molar-refractivity contribution in [2.75, 3.05) is 6.54 Å². The molecule has 0 saturated heterocycles. The first-order chi connectivity index (χ1) is 8.40. The summed E-state index contributed by atoms with van der Waals surface area (Å²) in [6, 6.07) is 4.59. The van der Waals surface area contributed by atoms with E-state index in [1.54, 1.807) is 12.1 Å². The second-order valence-corrected chi connectivity index (χ2v) is 7.49. The molecule has 0 spiro atoms. The molecule has 0 amide bonds. The highest BCUT2D eigenvalue weighted by Crippen LogP contribution is 2.31. The Morgan fingerprint density at radius 2 is 2.11 bits per heavy atom. The van der Waals surface area contributed by atoms with Crippen molar-refractivity contribution in [2.24, 2.45) is 11.7 Å². The van der Waals surface area contributed by atoms with Crippen molar-refractivity contribution < 1.29 is 8.42 Å². The van der Waals surface area contributed by atoms with E-state index in [2.05, 4.69) is 20.7 Å². The van der Waals surface area contributed by atoms with Gasteiger partial charge in [-0.3, -0.25) is 0 Å². The molecule has 1 aliphatic rings. The van der Waals surface area contributed by atoms with Gasteiger partial charge in [0.25, 0.3) is 0 Å². The van der Waals surface area contributed by atoms with E-state index in [-0.39, 0.29) is 34.9 Å². The van der Waals surface area contributed by atoms with Gasteiger partial charge in [-0.15, -0.1) is 12.4 Å². The number of benzene rings is 1. The van der Waals surface area contributed by atoms with Gasteiger partial charge in [-0.2, -0.15) is 0 Å². The molecule has 108 valence electrons. The average Bonchev–Trinajstić information content (AvgIpc) is 3.13. The van der Waals surface area contributed by atoms with Crippen molar-refractivity contribution in [3.05, 3.63) is 27.7 Å². The van der Waals surface area contributed by atoms with Crippen molar-refractivity contribution in [1.29, 1.82) is 0 Å². The van der Waals surface area contributed by atoms with Gasteiger partial charge in [-0.25, -0.2) is 13.1 Å². The molecule has 0 aromatic heterocycles. The summed E-state index contributed by atoms with van der Waals surface area (Å²) in [5.74, 6) is 0.450. The SMILES string of the molecule is Cl.NC(CNS(=O)(=O)c1cc(Br)ccc1Cl)C1CC1. The molecule has 1 unspecified atom stereocenters. The second kappa shape index (κ2) is 6.74. The van der Waals surface area contributed by atoms with E-state index in [1.807, 2.05) is 0 Å². The summed E-state index contributed by atoms with van der Waals surface area (Å²) < 4.78 is 27.3. The normalized spacial score (nSPS) is 16.8. The predicted octanol–water partition coefficient (Wildman–Crippen LogP) is 2.54.